The molecule has 4 rings (SSSR count). The summed E-state index contributed by atoms with van der Waals surface area (Å²) >= 11 is 0. The van der Waals surface area contributed by atoms with Gasteiger partial charge in [0, 0.05) is 43.8 Å². The highest BCUT2D eigenvalue weighted by molar-refractivity contribution is 5.64. The lowest BCUT2D eigenvalue weighted by Gasteiger charge is -2.45. The van der Waals surface area contributed by atoms with Gasteiger partial charge in [-0.2, -0.15) is 5.10 Å². The highest BCUT2D eigenvalue weighted by Gasteiger charge is 2.39. The monoisotopic (exact) mass is 357 g/mol. The molecular formula is C20H27N3O3. The van der Waals surface area contributed by atoms with E-state index in [1.54, 1.807) is 7.11 Å². The van der Waals surface area contributed by atoms with Crippen LogP contribution in [-0.2, 0) is 11.3 Å². The maximum atomic E-state index is 9.99. The molecule has 0 bridgehead atoms. The molecule has 2 fully saturated rings. The molecule has 6 nitrogen and oxygen atoms in total. The first-order valence-corrected chi connectivity index (χ1v) is 9.38. The van der Waals surface area contributed by atoms with E-state index in [4.69, 9.17) is 9.47 Å². The molecule has 1 aromatic carbocycles. The van der Waals surface area contributed by atoms with E-state index in [-0.39, 0.29) is 11.7 Å². The summed E-state index contributed by atoms with van der Waals surface area (Å²) in [5.41, 5.74) is 3.22. The van der Waals surface area contributed by atoms with Gasteiger partial charge in [-0.05, 0) is 31.4 Å². The van der Waals surface area contributed by atoms with E-state index < -0.39 is 0 Å². The van der Waals surface area contributed by atoms with E-state index >= 15 is 0 Å². The second-order valence-electron chi connectivity index (χ2n) is 7.46. The number of aromatic amines is 1. The molecule has 1 atom stereocenters. The van der Waals surface area contributed by atoms with Crippen LogP contribution in [0.4, 0.5) is 0 Å². The molecule has 6 heteroatoms. The summed E-state index contributed by atoms with van der Waals surface area (Å²) in [6, 6.07) is 8.04. The molecule has 2 aliphatic rings. The van der Waals surface area contributed by atoms with Crippen LogP contribution in [0.2, 0.25) is 0 Å². The Labute approximate surface area is 154 Å². The second-order valence-corrected chi connectivity index (χ2v) is 7.46. The molecule has 1 spiro atoms. The van der Waals surface area contributed by atoms with Gasteiger partial charge in [0.25, 0.3) is 0 Å². The van der Waals surface area contributed by atoms with E-state index in [0.29, 0.717) is 6.61 Å². The molecule has 0 aliphatic carbocycles. The van der Waals surface area contributed by atoms with Crippen molar-refractivity contribution in [3.8, 4) is 17.0 Å². The maximum Gasteiger partial charge on any atom is 0.119 e. The van der Waals surface area contributed by atoms with Crippen LogP contribution in [0.1, 0.15) is 31.2 Å². The van der Waals surface area contributed by atoms with Gasteiger partial charge in [-0.25, -0.2) is 0 Å². The number of hydrogen-bond acceptors (Lipinski definition) is 5. The molecule has 1 unspecified atom stereocenters. The average molecular weight is 357 g/mol. The number of H-pyrrole nitrogens is 1. The molecule has 2 aliphatic heterocycles. The molecule has 2 aromatic rings. The summed E-state index contributed by atoms with van der Waals surface area (Å²) in [7, 11) is 1.68. The van der Waals surface area contributed by atoms with Crippen molar-refractivity contribution < 1.29 is 14.6 Å². The Bertz CT molecular complexity index is 737. The van der Waals surface area contributed by atoms with Crippen LogP contribution in [0.5, 0.6) is 5.75 Å². The molecule has 0 amide bonds. The Morgan fingerprint density at radius 3 is 3.00 bits per heavy atom. The topological polar surface area (TPSA) is 70.6 Å². The highest BCUT2D eigenvalue weighted by Crippen LogP contribution is 2.36. The molecule has 1 aromatic heterocycles. The number of piperidine rings is 1. The predicted molar refractivity (Wildman–Crippen MR) is 99.0 cm³/mol. The summed E-state index contributed by atoms with van der Waals surface area (Å²) < 4.78 is 11.4. The van der Waals surface area contributed by atoms with Gasteiger partial charge in [-0.3, -0.25) is 10.00 Å². The SMILES string of the molecule is COc1cccc(-c2[nH]ncc2CN2CCC3(CC2)CC(O)CCO3)c1. The third kappa shape index (κ3) is 3.63. The number of nitrogens with one attached hydrogen (secondary N) is 1. The van der Waals surface area contributed by atoms with Crippen LogP contribution < -0.4 is 4.74 Å². The zero-order chi connectivity index (χ0) is 18.0. The fourth-order valence-electron chi connectivity index (χ4n) is 4.17. The Balaban J connectivity index is 1.42. The number of methoxy groups -OCH3 is 1. The Kier molecular flexibility index (Phi) is 4.98. The largest absolute Gasteiger partial charge is 0.497 e. The Hall–Kier alpha value is -1.89. The molecule has 140 valence electrons. The first-order chi connectivity index (χ1) is 12.7. The van der Waals surface area contributed by atoms with Crippen LogP contribution in [0.25, 0.3) is 11.3 Å². The van der Waals surface area contributed by atoms with Crippen molar-refractivity contribution in [1.82, 2.24) is 15.1 Å². The number of hydrogen-bond donors (Lipinski definition) is 2. The number of aliphatic hydroxyl groups excluding tert-OH is 1. The first-order valence-electron chi connectivity index (χ1n) is 9.38. The zero-order valence-corrected chi connectivity index (χ0v) is 15.3. The molecule has 3 heterocycles. The summed E-state index contributed by atoms with van der Waals surface area (Å²) in [6.07, 6.45) is 5.22. The van der Waals surface area contributed by atoms with Crippen LogP contribution >= 0.6 is 0 Å². The van der Waals surface area contributed by atoms with Crippen LogP contribution in [-0.4, -0.2) is 58.7 Å². The molecular weight excluding hydrogens is 330 g/mol. The van der Waals surface area contributed by atoms with Gasteiger partial charge in [0.15, 0.2) is 0 Å². The predicted octanol–water partition coefficient (Wildman–Crippen LogP) is 2.59. The quantitative estimate of drug-likeness (QED) is 0.880. The van der Waals surface area contributed by atoms with Gasteiger partial charge < -0.3 is 14.6 Å². The Morgan fingerprint density at radius 2 is 2.23 bits per heavy atom. The number of ether oxygens (including phenoxy) is 2. The third-order valence-electron chi connectivity index (χ3n) is 5.70. The van der Waals surface area contributed by atoms with Crippen molar-refractivity contribution in [2.75, 3.05) is 26.8 Å². The molecule has 2 N–H and O–H groups in total. The van der Waals surface area contributed by atoms with Crippen LogP contribution in [0, 0.1) is 0 Å². The fourth-order valence-corrected chi connectivity index (χ4v) is 4.17. The van der Waals surface area contributed by atoms with Crippen molar-refractivity contribution >= 4 is 0 Å². The van der Waals surface area contributed by atoms with Crippen molar-refractivity contribution in [3.63, 3.8) is 0 Å². The van der Waals surface area contributed by atoms with E-state index in [1.165, 1.54) is 5.56 Å². The lowest BCUT2D eigenvalue weighted by molar-refractivity contribution is -0.143. The van der Waals surface area contributed by atoms with Crippen molar-refractivity contribution in [2.45, 2.75) is 43.9 Å². The number of nitrogens with zero attached hydrogens (tertiary/aromatic N) is 2. The van der Waals surface area contributed by atoms with E-state index in [0.717, 1.165) is 62.3 Å². The fraction of sp³-hybridized carbons (Fsp3) is 0.550. The van der Waals surface area contributed by atoms with Gasteiger partial charge >= 0.3 is 0 Å². The first kappa shape index (κ1) is 17.5. The van der Waals surface area contributed by atoms with Gasteiger partial charge in [0.2, 0.25) is 0 Å². The van der Waals surface area contributed by atoms with Crippen molar-refractivity contribution in [1.29, 1.82) is 0 Å². The van der Waals surface area contributed by atoms with Gasteiger partial charge in [-0.15, -0.1) is 0 Å². The standard InChI is InChI=1S/C20H27N3O3/c1-25-18-4-2-3-15(11-18)19-16(13-21-22-19)14-23-8-6-20(7-9-23)12-17(24)5-10-26-20/h2-4,11,13,17,24H,5-10,12,14H2,1H3,(H,21,22). The third-order valence-corrected chi connectivity index (χ3v) is 5.70. The van der Waals surface area contributed by atoms with Gasteiger partial charge in [0.05, 0.1) is 30.7 Å². The Morgan fingerprint density at radius 1 is 1.38 bits per heavy atom. The average Bonchev–Trinajstić information content (AvgIpc) is 3.12. The van der Waals surface area contributed by atoms with Crippen molar-refractivity contribution in [3.05, 3.63) is 36.0 Å². The smallest absolute Gasteiger partial charge is 0.119 e. The number of aliphatic hydroxyl groups is 1. The number of likely N-dealkylation sites (tertiary alicyclic amines) is 1. The minimum absolute atomic E-state index is 0.111. The lowest BCUT2D eigenvalue weighted by Crippen LogP contribution is -2.50. The minimum Gasteiger partial charge on any atom is -0.497 e. The number of rotatable bonds is 4. The molecule has 2 saturated heterocycles. The molecule has 0 radical (unpaired) electrons. The summed E-state index contributed by atoms with van der Waals surface area (Å²) in [5, 5.41) is 17.4. The van der Waals surface area contributed by atoms with Crippen LogP contribution in [0.15, 0.2) is 30.5 Å². The highest BCUT2D eigenvalue weighted by atomic mass is 16.5. The normalized spacial score (nSPS) is 23.2. The number of benzene rings is 1. The zero-order valence-electron chi connectivity index (χ0n) is 15.3. The van der Waals surface area contributed by atoms with E-state index in [9.17, 15) is 5.11 Å². The molecule has 26 heavy (non-hydrogen) atoms. The molecule has 0 saturated carbocycles. The maximum absolute atomic E-state index is 9.99. The number of aromatic nitrogens is 2. The minimum atomic E-state index is -0.205. The van der Waals surface area contributed by atoms with Crippen molar-refractivity contribution in [2.24, 2.45) is 0 Å². The van der Waals surface area contributed by atoms with E-state index in [2.05, 4.69) is 21.2 Å². The van der Waals surface area contributed by atoms with Gasteiger partial charge in [-0.1, -0.05) is 12.1 Å². The van der Waals surface area contributed by atoms with Crippen LogP contribution in [0.3, 0.4) is 0 Å². The summed E-state index contributed by atoms with van der Waals surface area (Å²) in [4.78, 5) is 2.45. The second kappa shape index (κ2) is 7.39. The summed E-state index contributed by atoms with van der Waals surface area (Å²) in [5.74, 6) is 0.843. The summed E-state index contributed by atoms with van der Waals surface area (Å²) in [6.45, 7) is 3.51. The lowest BCUT2D eigenvalue weighted by atomic mass is 9.83. The van der Waals surface area contributed by atoms with Gasteiger partial charge in [0.1, 0.15) is 5.75 Å². The van der Waals surface area contributed by atoms with E-state index in [1.807, 2.05) is 24.4 Å².